The molecular weight excluding hydrogens is 587 g/mol. The van der Waals surface area contributed by atoms with E-state index in [2.05, 4.69) is 11.4 Å². The Labute approximate surface area is 249 Å². The lowest BCUT2D eigenvalue weighted by atomic mass is 9.93. The number of nitrogens with zero attached hydrogens (tertiary/aromatic N) is 1. The van der Waals surface area contributed by atoms with Gasteiger partial charge in [-0.25, -0.2) is 9.59 Å². The minimum absolute atomic E-state index is 0.0300. The Morgan fingerprint density at radius 1 is 0.909 bits per heavy atom. The summed E-state index contributed by atoms with van der Waals surface area (Å²) in [5.74, 6) is -7.44. The van der Waals surface area contributed by atoms with E-state index in [0.29, 0.717) is 11.3 Å². The van der Waals surface area contributed by atoms with Gasteiger partial charge in [0.25, 0.3) is 5.91 Å². The van der Waals surface area contributed by atoms with Crippen LogP contribution in [0.25, 0.3) is 5.57 Å². The van der Waals surface area contributed by atoms with E-state index in [1.54, 1.807) is 12.1 Å². The summed E-state index contributed by atoms with van der Waals surface area (Å²) in [6.07, 6.45) is 1.53. The molecule has 13 heteroatoms. The molecule has 1 aliphatic rings. The molecule has 0 bridgehead atoms. The molecule has 3 aromatic carbocycles. The van der Waals surface area contributed by atoms with Crippen molar-refractivity contribution in [2.45, 2.75) is 44.3 Å². The first-order valence-electron chi connectivity index (χ1n) is 13.6. The molecule has 1 aliphatic carbocycles. The molecular formula is C31H29F5N4O4. The molecule has 0 unspecified atom stereocenters. The number of alkyl halides is 5. The lowest BCUT2D eigenvalue weighted by molar-refractivity contribution is -0.163. The van der Waals surface area contributed by atoms with Gasteiger partial charge in [-0.05, 0) is 84.8 Å². The molecule has 3 aromatic rings. The Bertz CT molecular complexity index is 1550. The van der Waals surface area contributed by atoms with Crippen molar-refractivity contribution < 1.29 is 41.4 Å². The third-order valence-corrected chi connectivity index (χ3v) is 7.04. The number of carbonyl (C=O) groups is 3. The van der Waals surface area contributed by atoms with Gasteiger partial charge in [-0.1, -0.05) is 30.3 Å². The first kappa shape index (κ1) is 32.0. The lowest BCUT2D eigenvalue weighted by Gasteiger charge is -2.24. The number of amides is 3. The largest absolute Gasteiger partial charge is 0.477 e. The predicted molar refractivity (Wildman–Crippen MR) is 155 cm³/mol. The zero-order valence-corrected chi connectivity index (χ0v) is 23.3. The van der Waals surface area contributed by atoms with Crippen molar-refractivity contribution in [3.05, 3.63) is 95.1 Å². The Hall–Kier alpha value is -4.94. The number of anilines is 3. The van der Waals surface area contributed by atoms with Gasteiger partial charge >= 0.3 is 24.1 Å². The van der Waals surface area contributed by atoms with E-state index in [1.165, 1.54) is 40.8 Å². The second-order valence-corrected chi connectivity index (χ2v) is 10.2. The van der Waals surface area contributed by atoms with Crippen molar-refractivity contribution in [1.82, 2.24) is 5.32 Å². The van der Waals surface area contributed by atoms with Crippen LogP contribution in [0.15, 0.2) is 72.8 Å². The molecule has 3 amide bonds. The Morgan fingerprint density at radius 2 is 1.59 bits per heavy atom. The number of hydrogen-bond acceptors (Lipinski definition) is 4. The monoisotopic (exact) mass is 616 g/mol. The lowest BCUT2D eigenvalue weighted by Crippen LogP contribution is -2.42. The number of carboxylic acids is 1. The molecule has 44 heavy (non-hydrogen) atoms. The number of nitrogens with one attached hydrogen (secondary N) is 2. The molecule has 0 aromatic heterocycles. The number of halogens is 5. The number of rotatable bonds is 9. The van der Waals surface area contributed by atoms with Gasteiger partial charge in [-0.3, -0.25) is 9.69 Å². The number of allylic oxidation sites excluding steroid dienone is 2. The van der Waals surface area contributed by atoms with Crippen LogP contribution in [-0.4, -0.2) is 35.5 Å². The van der Waals surface area contributed by atoms with E-state index in [0.717, 1.165) is 43.4 Å². The Morgan fingerprint density at radius 3 is 2.18 bits per heavy atom. The smallest absolute Gasteiger partial charge is 0.418 e. The number of carboxylic acid groups (broad SMARTS) is 1. The zero-order valence-electron chi connectivity index (χ0n) is 23.3. The van der Waals surface area contributed by atoms with E-state index in [-0.39, 0.29) is 17.8 Å². The fraction of sp³-hybridized carbons (Fsp3) is 0.258. The van der Waals surface area contributed by atoms with Crippen LogP contribution >= 0.6 is 0 Å². The van der Waals surface area contributed by atoms with Crippen LogP contribution in [0.5, 0.6) is 0 Å². The molecule has 0 saturated carbocycles. The van der Waals surface area contributed by atoms with E-state index in [4.69, 9.17) is 10.8 Å². The maximum absolute atomic E-state index is 13.5. The predicted octanol–water partition coefficient (Wildman–Crippen LogP) is 6.93. The second kappa shape index (κ2) is 13.1. The van der Waals surface area contributed by atoms with Crippen LogP contribution in [-0.2, 0) is 17.5 Å². The van der Waals surface area contributed by atoms with Crippen LogP contribution in [0.1, 0.15) is 52.7 Å². The number of aliphatic carboxylic acids is 1. The van der Waals surface area contributed by atoms with Crippen LogP contribution in [0, 0.1) is 0 Å². The summed E-state index contributed by atoms with van der Waals surface area (Å²) in [7, 11) is 0. The molecule has 5 N–H and O–H groups in total. The van der Waals surface area contributed by atoms with Crippen molar-refractivity contribution >= 4 is 40.5 Å². The molecule has 4 rings (SSSR count). The molecule has 0 radical (unpaired) electrons. The Kier molecular flexibility index (Phi) is 9.56. The molecule has 0 saturated heterocycles. The number of urea groups is 1. The van der Waals surface area contributed by atoms with Crippen molar-refractivity contribution in [3.63, 3.8) is 0 Å². The van der Waals surface area contributed by atoms with Crippen molar-refractivity contribution in [3.8, 4) is 0 Å². The van der Waals surface area contributed by atoms with E-state index < -0.39 is 47.8 Å². The van der Waals surface area contributed by atoms with Gasteiger partial charge in [0, 0.05) is 22.6 Å². The van der Waals surface area contributed by atoms with Gasteiger partial charge in [-0.2, -0.15) is 22.0 Å². The first-order valence-corrected chi connectivity index (χ1v) is 13.6. The van der Waals surface area contributed by atoms with Gasteiger partial charge in [0.05, 0.1) is 18.7 Å². The summed E-state index contributed by atoms with van der Waals surface area (Å²) < 4.78 is 66.9. The Balaban J connectivity index is 1.57. The van der Waals surface area contributed by atoms with Crippen LogP contribution in [0.3, 0.4) is 0 Å². The minimum atomic E-state index is -4.73. The summed E-state index contributed by atoms with van der Waals surface area (Å²) in [4.78, 5) is 37.6. The normalized spacial score (nSPS) is 13.5. The summed E-state index contributed by atoms with van der Waals surface area (Å²) in [5.41, 5.74) is 6.86. The zero-order chi connectivity index (χ0) is 32.1. The number of benzene rings is 3. The van der Waals surface area contributed by atoms with Gasteiger partial charge in [0.2, 0.25) is 0 Å². The first-order chi connectivity index (χ1) is 20.7. The van der Waals surface area contributed by atoms with Crippen molar-refractivity contribution in [2.24, 2.45) is 0 Å². The highest BCUT2D eigenvalue weighted by Gasteiger charge is 2.39. The van der Waals surface area contributed by atoms with Gasteiger partial charge in [0.1, 0.15) is 0 Å². The third-order valence-electron chi connectivity index (χ3n) is 7.04. The number of nitrogen functional groups attached to an aromatic ring is 1. The molecule has 0 aliphatic heterocycles. The van der Waals surface area contributed by atoms with Gasteiger partial charge in [-0.15, -0.1) is 0 Å². The number of nitrogens with two attached hydrogens (primary N) is 1. The average Bonchev–Trinajstić information content (AvgIpc) is 3.00. The maximum atomic E-state index is 13.5. The van der Waals surface area contributed by atoms with Crippen LogP contribution in [0.4, 0.5) is 43.8 Å². The number of hydrogen-bond donors (Lipinski definition) is 4. The molecule has 8 nitrogen and oxygen atoms in total. The fourth-order valence-corrected chi connectivity index (χ4v) is 4.62. The number of carbonyl (C=O) groups excluding carboxylic acids is 2. The summed E-state index contributed by atoms with van der Waals surface area (Å²) in [6.45, 7) is -1.47. The highest BCUT2D eigenvalue weighted by Crippen LogP contribution is 2.35. The van der Waals surface area contributed by atoms with Crippen molar-refractivity contribution in [2.75, 3.05) is 22.5 Å². The maximum Gasteiger partial charge on any atom is 0.418 e. The highest BCUT2D eigenvalue weighted by atomic mass is 19.4. The SMILES string of the molecule is Nc1ccc(NC(=O)N(Cc2ccc(C(=O)NCC(F)(F)C(=O)O)cc2)c2ccc(C3=CCCCC3)cc2)cc1C(F)(F)F. The van der Waals surface area contributed by atoms with E-state index >= 15 is 0 Å². The molecule has 0 heterocycles. The summed E-state index contributed by atoms with van der Waals surface area (Å²) in [5, 5.41) is 12.9. The van der Waals surface area contributed by atoms with Crippen LogP contribution in [0.2, 0.25) is 0 Å². The second-order valence-electron chi connectivity index (χ2n) is 10.2. The molecule has 0 fully saturated rings. The highest BCUT2D eigenvalue weighted by molar-refractivity contribution is 6.02. The quantitative estimate of drug-likeness (QED) is 0.153. The topological polar surface area (TPSA) is 125 Å². The van der Waals surface area contributed by atoms with Gasteiger partial charge < -0.3 is 21.5 Å². The fourth-order valence-electron chi connectivity index (χ4n) is 4.62. The minimum Gasteiger partial charge on any atom is -0.477 e. The molecule has 232 valence electrons. The summed E-state index contributed by atoms with van der Waals surface area (Å²) in [6, 6.07) is 15.0. The van der Waals surface area contributed by atoms with E-state index in [9.17, 15) is 36.3 Å². The summed E-state index contributed by atoms with van der Waals surface area (Å²) >= 11 is 0. The molecule has 0 atom stereocenters. The van der Waals surface area contributed by atoms with Gasteiger partial charge in [0.15, 0.2) is 0 Å². The third kappa shape index (κ3) is 7.91. The molecule has 0 spiro atoms. The average molecular weight is 617 g/mol. The van der Waals surface area contributed by atoms with Crippen LogP contribution < -0.4 is 21.3 Å². The standard InChI is InChI=1S/C31H29F5N4O4/c32-30(33,28(42)43)18-38-27(41)22-8-6-19(7-9-22)17-40(24-13-10-21(11-14-24)20-4-2-1-3-5-20)29(44)39-23-12-15-26(37)25(16-23)31(34,35)36/h4,6-16H,1-3,5,17-18,37H2,(H,38,41)(H,39,44)(H,42,43). The van der Waals surface area contributed by atoms with E-state index in [1.807, 2.05) is 17.4 Å². The van der Waals surface area contributed by atoms with Crippen molar-refractivity contribution in [1.29, 1.82) is 0 Å².